The molecule has 5 atom stereocenters. The predicted molar refractivity (Wildman–Crippen MR) is 90.8 cm³/mol. The van der Waals surface area contributed by atoms with Gasteiger partial charge in [0.1, 0.15) is 0 Å². The van der Waals surface area contributed by atoms with Gasteiger partial charge < -0.3 is 0 Å². The number of allylic oxidation sites excluding steroid dienone is 1. The van der Waals surface area contributed by atoms with Crippen molar-refractivity contribution in [1.82, 2.24) is 0 Å². The van der Waals surface area contributed by atoms with Crippen LogP contribution >= 0.6 is 0 Å². The third-order valence-corrected chi connectivity index (χ3v) is 14.0. The maximum atomic E-state index is 4.21. The maximum absolute atomic E-state index is 4.21. The minimum atomic E-state index is -1.88. The number of hydrogen-bond acceptors (Lipinski definition) is 0. The Morgan fingerprint density at radius 1 is 1.10 bits per heavy atom. The molecule has 0 saturated heterocycles. The monoisotopic (exact) mass is 376 g/mol. The summed E-state index contributed by atoms with van der Waals surface area (Å²) in [4.78, 5) is 7.95. The topological polar surface area (TPSA) is 0 Å². The Balaban J connectivity index is 1.96. The summed E-state index contributed by atoms with van der Waals surface area (Å²) in [6.45, 7) is 4.21. The molecule has 0 heterocycles. The molecule has 0 spiro atoms. The summed E-state index contributed by atoms with van der Waals surface area (Å²) in [5.74, 6) is 3.51. The average molecular weight is 375 g/mol. The number of fused-ring (bicyclic) bond motifs is 2. The van der Waals surface area contributed by atoms with Gasteiger partial charge in [0.2, 0.25) is 0 Å². The van der Waals surface area contributed by atoms with Gasteiger partial charge in [-0.3, -0.25) is 0 Å². The van der Waals surface area contributed by atoms with Gasteiger partial charge in [-0.1, -0.05) is 0 Å². The SMILES string of the molecule is C=CC(c1ccccc1)[C@@H]1[C@H]2CC[C@H](C2)[C@@H]1[Sn]([CH3])([CH3])[CH3]. The Labute approximate surface area is 128 Å². The van der Waals surface area contributed by atoms with Gasteiger partial charge in [-0.15, -0.1) is 0 Å². The minimum absolute atomic E-state index is 0.590. The van der Waals surface area contributed by atoms with E-state index in [0.717, 1.165) is 21.7 Å². The second-order valence-electron chi connectivity index (χ2n) is 7.97. The van der Waals surface area contributed by atoms with Crippen molar-refractivity contribution < 1.29 is 0 Å². The first-order chi connectivity index (χ1) is 9.52. The third kappa shape index (κ3) is 2.49. The summed E-state index contributed by atoms with van der Waals surface area (Å²) in [7, 11) is 0. The van der Waals surface area contributed by atoms with E-state index in [2.05, 4.69) is 57.8 Å². The van der Waals surface area contributed by atoms with Gasteiger partial charge in [0.25, 0.3) is 0 Å². The van der Waals surface area contributed by atoms with E-state index >= 15 is 0 Å². The van der Waals surface area contributed by atoms with Gasteiger partial charge in [-0.25, -0.2) is 0 Å². The standard InChI is InChI=1S/C16H19.3CH3.Sn/c1-2-15(13-6-4-3-5-7-13)16-11-12-8-9-14(16)10-12;;;;/h2-7,11-12,14-16H,1,8-10H2;3*1H3;/t12-,14+,15?,16+;;;;/m1..../s1. The van der Waals surface area contributed by atoms with Gasteiger partial charge in [-0.05, 0) is 0 Å². The molecule has 0 nitrogen and oxygen atoms in total. The van der Waals surface area contributed by atoms with Crippen LogP contribution in [0.1, 0.15) is 30.7 Å². The Morgan fingerprint density at radius 3 is 2.35 bits per heavy atom. The zero-order valence-corrected chi connectivity index (χ0v) is 16.0. The molecule has 0 N–H and O–H groups in total. The fourth-order valence-corrected chi connectivity index (χ4v) is 14.9. The average Bonchev–Trinajstić information content (AvgIpc) is 3.01. The van der Waals surface area contributed by atoms with Crippen molar-refractivity contribution >= 4 is 18.4 Å². The molecule has 2 aliphatic carbocycles. The summed E-state index contributed by atoms with van der Waals surface area (Å²) < 4.78 is 1.06. The molecule has 2 aliphatic rings. The van der Waals surface area contributed by atoms with E-state index in [-0.39, 0.29) is 0 Å². The van der Waals surface area contributed by atoms with Crippen molar-refractivity contribution in [2.24, 2.45) is 17.8 Å². The molecule has 0 radical (unpaired) electrons. The zero-order chi connectivity index (χ0) is 14.3. The van der Waals surface area contributed by atoms with Crippen LogP contribution in [0.5, 0.6) is 0 Å². The van der Waals surface area contributed by atoms with Crippen LogP contribution in [0.4, 0.5) is 0 Å². The molecule has 2 fully saturated rings. The summed E-state index contributed by atoms with van der Waals surface area (Å²) in [6, 6.07) is 11.1. The van der Waals surface area contributed by atoms with E-state index in [1.165, 1.54) is 24.8 Å². The van der Waals surface area contributed by atoms with Crippen molar-refractivity contribution in [1.29, 1.82) is 0 Å². The molecule has 1 aromatic carbocycles. The fraction of sp³-hybridized carbons (Fsp3) is 0.579. The normalized spacial score (nSPS) is 34.1. The van der Waals surface area contributed by atoms with Gasteiger partial charge in [0, 0.05) is 0 Å². The zero-order valence-electron chi connectivity index (χ0n) is 13.2. The molecule has 20 heavy (non-hydrogen) atoms. The summed E-state index contributed by atoms with van der Waals surface area (Å²) in [6.07, 6.45) is 6.76. The van der Waals surface area contributed by atoms with E-state index in [1.54, 1.807) is 0 Å². The molecule has 2 saturated carbocycles. The van der Waals surface area contributed by atoms with E-state index in [4.69, 9.17) is 0 Å². The molecule has 108 valence electrons. The van der Waals surface area contributed by atoms with Crippen molar-refractivity contribution in [2.45, 2.75) is 43.9 Å². The second kappa shape index (κ2) is 5.51. The molecule has 0 amide bonds. The van der Waals surface area contributed by atoms with Gasteiger partial charge in [0.15, 0.2) is 0 Å². The van der Waals surface area contributed by atoms with Crippen LogP contribution in [0.2, 0.25) is 18.8 Å². The van der Waals surface area contributed by atoms with Crippen LogP contribution in [0.15, 0.2) is 43.0 Å². The Kier molecular flexibility index (Phi) is 4.05. The van der Waals surface area contributed by atoms with Gasteiger partial charge in [0.05, 0.1) is 0 Å². The molecule has 3 rings (SSSR count). The van der Waals surface area contributed by atoms with Crippen molar-refractivity contribution in [3.8, 4) is 0 Å². The molecule has 1 unspecified atom stereocenters. The summed E-state index contributed by atoms with van der Waals surface area (Å²) in [5.41, 5.74) is 1.50. The van der Waals surface area contributed by atoms with Gasteiger partial charge >= 0.3 is 129 Å². The molecule has 1 aromatic rings. The first-order valence-electron chi connectivity index (χ1n) is 8.20. The molecule has 2 bridgehead atoms. The van der Waals surface area contributed by atoms with Crippen LogP contribution in [0.3, 0.4) is 0 Å². The molecule has 0 aromatic heterocycles. The van der Waals surface area contributed by atoms with E-state index in [9.17, 15) is 0 Å². The van der Waals surface area contributed by atoms with E-state index in [1.807, 2.05) is 0 Å². The second-order valence-corrected chi connectivity index (χ2v) is 23.4. The third-order valence-electron chi connectivity index (χ3n) is 5.83. The van der Waals surface area contributed by atoms with Gasteiger partial charge in [-0.2, -0.15) is 0 Å². The van der Waals surface area contributed by atoms with Crippen molar-refractivity contribution in [2.75, 3.05) is 0 Å². The van der Waals surface area contributed by atoms with E-state index in [0.29, 0.717) is 5.92 Å². The number of benzene rings is 1. The quantitative estimate of drug-likeness (QED) is 0.467. The molecule has 1 heteroatoms. The van der Waals surface area contributed by atoms with Crippen LogP contribution in [-0.4, -0.2) is 18.4 Å². The van der Waals surface area contributed by atoms with E-state index < -0.39 is 18.4 Å². The number of hydrogen-bond donors (Lipinski definition) is 0. The Morgan fingerprint density at radius 2 is 1.75 bits per heavy atom. The van der Waals surface area contributed by atoms with Crippen molar-refractivity contribution in [3.05, 3.63) is 48.6 Å². The van der Waals surface area contributed by atoms with Crippen LogP contribution in [-0.2, 0) is 0 Å². The Hall–Kier alpha value is -0.241. The number of rotatable bonds is 4. The molecule has 0 aliphatic heterocycles. The molecular formula is C19H28Sn. The first-order valence-corrected chi connectivity index (χ1v) is 18.4. The fourth-order valence-electron chi connectivity index (χ4n) is 5.33. The summed E-state index contributed by atoms with van der Waals surface area (Å²) >= 11 is -1.88. The van der Waals surface area contributed by atoms with Crippen LogP contribution < -0.4 is 0 Å². The van der Waals surface area contributed by atoms with Crippen molar-refractivity contribution in [3.63, 3.8) is 0 Å². The predicted octanol–water partition coefficient (Wildman–Crippen LogP) is 5.71. The molecular weight excluding hydrogens is 347 g/mol. The Bertz CT molecular complexity index is 470. The first kappa shape index (κ1) is 14.7. The van der Waals surface area contributed by atoms with Crippen LogP contribution in [0.25, 0.3) is 0 Å². The van der Waals surface area contributed by atoms with Crippen LogP contribution in [0, 0.1) is 17.8 Å². The summed E-state index contributed by atoms with van der Waals surface area (Å²) in [5, 5.41) is 0.